The minimum Gasteiger partial charge on any atom is -0.462 e. The standard InChI is InChI=1S/C26H27NO2/c28-25(21-11-4-1-5-12-21)29-18-10-17-27-20-24-19-26(24,22-13-6-2-7-14-22)23-15-8-3-9-16-23/h1-9,11-16,24,27H,10,17-20H2. The maximum atomic E-state index is 12.0. The highest BCUT2D eigenvalue weighted by Gasteiger charge is 2.55. The molecule has 1 atom stereocenters. The molecule has 0 amide bonds. The van der Waals surface area contributed by atoms with Crippen LogP contribution in [0.4, 0.5) is 0 Å². The van der Waals surface area contributed by atoms with Crippen LogP contribution in [-0.4, -0.2) is 25.7 Å². The molecule has 0 aliphatic heterocycles. The number of ether oxygens (including phenoxy) is 1. The van der Waals surface area contributed by atoms with Gasteiger partial charge in [0.2, 0.25) is 0 Å². The molecule has 1 fully saturated rings. The van der Waals surface area contributed by atoms with Crippen LogP contribution in [0.3, 0.4) is 0 Å². The van der Waals surface area contributed by atoms with Crippen molar-refractivity contribution in [3.8, 4) is 0 Å². The Morgan fingerprint density at radius 3 is 2.00 bits per heavy atom. The second kappa shape index (κ2) is 9.06. The third kappa shape index (κ3) is 4.41. The first-order valence-electron chi connectivity index (χ1n) is 10.3. The van der Waals surface area contributed by atoms with Crippen LogP contribution in [0.15, 0.2) is 91.0 Å². The quantitative estimate of drug-likeness (QED) is 0.424. The molecule has 0 spiro atoms. The summed E-state index contributed by atoms with van der Waals surface area (Å²) in [7, 11) is 0. The van der Waals surface area contributed by atoms with Gasteiger partial charge in [-0.1, -0.05) is 78.9 Å². The molecule has 0 saturated heterocycles. The Balaban J connectivity index is 1.26. The molecule has 1 saturated carbocycles. The lowest BCUT2D eigenvalue weighted by Crippen LogP contribution is -2.24. The summed E-state index contributed by atoms with van der Waals surface area (Å²) in [5.74, 6) is 0.333. The van der Waals surface area contributed by atoms with Crippen molar-refractivity contribution in [1.82, 2.24) is 5.32 Å². The van der Waals surface area contributed by atoms with Crippen molar-refractivity contribution in [2.45, 2.75) is 18.3 Å². The molecule has 0 heterocycles. The van der Waals surface area contributed by atoms with Gasteiger partial charge in [-0.25, -0.2) is 4.79 Å². The summed E-state index contributed by atoms with van der Waals surface area (Å²) in [5.41, 5.74) is 3.52. The molecular formula is C26H27NO2. The number of hydrogen-bond donors (Lipinski definition) is 1. The Kier molecular flexibility index (Phi) is 6.06. The summed E-state index contributed by atoms with van der Waals surface area (Å²) in [4.78, 5) is 12.0. The van der Waals surface area contributed by atoms with E-state index in [1.54, 1.807) is 12.1 Å². The molecule has 1 aliphatic carbocycles. The van der Waals surface area contributed by atoms with Gasteiger partial charge in [0.15, 0.2) is 0 Å². The molecule has 3 aromatic carbocycles. The Labute approximate surface area is 172 Å². The first-order valence-corrected chi connectivity index (χ1v) is 10.3. The van der Waals surface area contributed by atoms with E-state index in [0.29, 0.717) is 18.1 Å². The molecule has 0 aromatic heterocycles. The van der Waals surface area contributed by atoms with E-state index in [0.717, 1.165) is 25.9 Å². The Morgan fingerprint density at radius 1 is 0.862 bits per heavy atom. The number of carbonyl (C=O) groups excluding carboxylic acids is 1. The SMILES string of the molecule is O=C(OCCCNCC1CC1(c1ccccc1)c1ccccc1)c1ccccc1. The Morgan fingerprint density at radius 2 is 1.41 bits per heavy atom. The molecule has 4 rings (SSSR count). The molecule has 3 heteroatoms. The van der Waals surface area contributed by atoms with Gasteiger partial charge >= 0.3 is 5.97 Å². The van der Waals surface area contributed by atoms with Crippen molar-refractivity contribution >= 4 is 5.97 Å². The van der Waals surface area contributed by atoms with Gasteiger partial charge in [-0.3, -0.25) is 0 Å². The topological polar surface area (TPSA) is 38.3 Å². The van der Waals surface area contributed by atoms with Gasteiger partial charge in [-0.15, -0.1) is 0 Å². The molecule has 1 unspecified atom stereocenters. The van der Waals surface area contributed by atoms with Crippen LogP contribution in [0, 0.1) is 5.92 Å². The van der Waals surface area contributed by atoms with Gasteiger partial charge in [0.05, 0.1) is 12.2 Å². The lowest BCUT2D eigenvalue weighted by molar-refractivity contribution is 0.0500. The molecule has 3 nitrogen and oxygen atoms in total. The average Bonchev–Trinajstić information content (AvgIpc) is 3.53. The summed E-state index contributed by atoms with van der Waals surface area (Å²) in [6, 6.07) is 30.8. The second-order valence-corrected chi connectivity index (χ2v) is 7.66. The third-order valence-corrected chi connectivity index (χ3v) is 5.81. The summed E-state index contributed by atoms with van der Waals surface area (Å²) in [6.07, 6.45) is 1.98. The third-order valence-electron chi connectivity index (χ3n) is 5.81. The van der Waals surface area contributed by atoms with Gasteiger partial charge in [0, 0.05) is 5.41 Å². The zero-order chi connectivity index (χ0) is 19.9. The number of benzene rings is 3. The highest BCUT2D eigenvalue weighted by Crippen LogP contribution is 2.58. The Bertz CT molecular complexity index is 870. The van der Waals surface area contributed by atoms with Crippen molar-refractivity contribution in [2.24, 2.45) is 5.92 Å². The summed E-state index contributed by atoms with van der Waals surface area (Å²) >= 11 is 0. The maximum absolute atomic E-state index is 12.0. The monoisotopic (exact) mass is 385 g/mol. The predicted molar refractivity (Wildman–Crippen MR) is 116 cm³/mol. The van der Waals surface area contributed by atoms with E-state index in [4.69, 9.17) is 4.74 Å². The van der Waals surface area contributed by atoms with Crippen molar-refractivity contribution in [3.63, 3.8) is 0 Å². The summed E-state index contributed by atoms with van der Waals surface area (Å²) < 4.78 is 5.35. The van der Waals surface area contributed by atoms with Gasteiger partial charge < -0.3 is 10.1 Å². The molecular weight excluding hydrogens is 358 g/mol. The minimum absolute atomic E-state index is 0.120. The van der Waals surface area contributed by atoms with E-state index in [9.17, 15) is 4.79 Å². The molecule has 0 radical (unpaired) electrons. The highest BCUT2D eigenvalue weighted by molar-refractivity contribution is 5.89. The largest absolute Gasteiger partial charge is 0.462 e. The molecule has 3 aromatic rings. The smallest absolute Gasteiger partial charge is 0.338 e. The van der Waals surface area contributed by atoms with Crippen LogP contribution in [0.5, 0.6) is 0 Å². The first kappa shape index (κ1) is 19.4. The van der Waals surface area contributed by atoms with E-state index in [-0.39, 0.29) is 11.4 Å². The second-order valence-electron chi connectivity index (χ2n) is 7.66. The molecule has 0 bridgehead atoms. The molecule has 1 N–H and O–H groups in total. The van der Waals surface area contributed by atoms with Crippen LogP contribution in [0.2, 0.25) is 0 Å². The van der Waals surface area contributed by atoms with E-state index in [1.807, 2.05) is 18.2 Å². The normalized spacial score (nSPS) is 16.9. The Hall–Kier alpha value is -2.91. The van der Waals surface area contributed by atoms with Crippen LogP contribution in [0.1, 0.15) is 34.3 Å². The van der Waals surface area contributed by atoms with Gasteiger partial charge in [0.25, 0.3) is 0 Å². The molecule has 29 heavy (non-hydrogen) atoms. The lowest BCUT2D eigenvalue weighted by Gasteiger charge is -2.19. The van der Waals surface area contributed by atoms with Crippen molar-refractivity contribution < 1.29 is 9.53 Å². The first-order chi connectivity index (χ1) is 14.3. The number of hydrogen-bond acceptors (Lipinski definition) is 3. The fraction of sp³-hybridized carbons (Fsp3) is 0.269. The average molecular weight is 386 g/mol. The van der Waals surface area contributed by atoms with Gasteiger partial charge in [-0.05, 0) is 55.1 Å². The predicted octanol–water partition coefficient (Wildman–Crippen LogP) is 4.83. The van der Waals surface area contributed by atoms with Crippen molar-refractivity contribution in [1.29, 1.82) is 0 Å². The van der Waals surface area contributed by atoms with Crippen LogP contribution >= 0.6 is 0 Å². The van der Waals surface area contributed by atoms with E-state index >= 15 is 0 Å². The van der Waals surface area contributed by atoms with E-state index < -0.39 is 0 Å². The summed E-state index contributed by atoms with van der Waals surface area (Å²) in [5, 5.41) is 3.56. The number of carbonyl (C=O) groups is 1. The fourth-order valence-corrected chi connectivity index (χ4v) is 4.22. The highest BCUT2D eigenvalue weighted by atomic mass is 16.5. The van der Waals surface area contributed by atoms with Crippen molar-refractivity contribution in [2.75, 3.05) is 19.7 Å². The van der Waals surface area contributed by atoms with Crippen LogP contribution < -0.4 is 5.32 Å². The molecule has 1 aliphatic rings. The molecule has 148 valence electrons. The van der Waals surface area contributed by atoms with E-state index in [2.05, 4.69) is 66.0 Å². The van der Waals surface area contributed by atoms with Crippen LogP contribution in [-0.2, 0) is 10.2 Å². The van der Waals surface area contributed by atoms with E-state index in [1.165, 1.54) is 11.1 Å². The zero-order valence-corrected chi connectivity index (χ0v) is 16.6. The number of nitrogens with one attached hydrogen (secondary N) is 1. The summed E-state index contributed by atoms with van der Waals surface area (Å²) in [6.45, 7) is 2.25. The fourth-order valence-electron chi connectivity index (χ4n) is 4.22. The number of esters is 1. The van der Waals surface area contributed by atoms with Gasteiger partial charge in [-0.2, -0.15) is 0 Å². The minimum atomic E-state index is -0.250. The maximum Gasteiger partial charge on any atom is 0.338 e. The zero-order valence-electron chi connectivity index (χ0n) is 16.6. The van der Waals surface area contributed by atoms with Gasteiger partial charge in [0.1, 0.15) is 0 Å². The number of rotatable bonds is 9. The lowest BCUT2D eigenvalue weighted by atomic mass is 9.86. The van der Waals surface area contributed by atoms with Crippen molar-refractivity contribution in [3.05, 3.63) is 108 Å². The van der Waals surface area contributed by atoms with Crippen LogP contribution in [0.25, 0.3) is 0 Å².